The number of ether oxygens (including phenoxy) is 1. The van der Waals surface area contributed by atoms with Crippen molar-refractivity contribution in [3.8, 4) is 5.75 Å². The minimum atomic E-state index is -0.123. The maximum absolute atomic E-state index is 13.3. The highest BCUT2D eigenvalue weighted by Gasteiger charge is 2.24. The lowest BCUT2D eigenvalue weighted by molar-refractivity contribution is 0.0978. The number of carbonyl (C=O) groups is 1. The zero-order chi connectivity index (χ0) is 21.0. The van der Waals surface area contributed by atoms with Crippen molar-refractivity contribution in [3.05, 3.63) is 36.2 Å². The Morgan fingerprint density at radius 1 is 1.21 bits per heavy atom. The lowest BCUT2D eigenvalue weighted by atomic mass is 10.3. The topological polar surface area (TPSA) is 63.5 Å². The minimum absolute atomic E-state index is 0.123. The highest BCUT2D eigenvalue weighted by atomic mass is 32.1. The summed E-state index contributed by atoms with van der Waals surface area (Å²) in [5.41, 5.74) is 1.30. The van der Waals surface area contributed by atoms with Crippen LogP contribution in [0.4, 0.5) is 5.13 Å². The fraction of sp³-hybridized carbons (Fsp3) is 0.476. The average molecular weight is 416 g/mol. The summed E-state index contributed by atoms with van der Waals surface area (Å²) in [6, 6.07) is 7.75. The van der Waals surface area contributed by atoms with E-state index in [-0.39, 0.29) is 11.9 Å². The van der Waals surface area contributed by atoms with Gasteiger partial charge < -0.3 is 9.64 Å². The van der Waals surface area contributed by atoms with E-state index >= 15 is 0 Å². The molecule has 156 valence electrons. The predicted molar refractivity (Wildman–Crippen MR) is 118 cm³/mol. The molecule has 0 atom stereocenters. The molecule has 1 aromatic carbocycles. The Morgan fingerprint density at radius 3 is 2.59 bits per heavy atom. The van der Waals surface area contributed by atoms with Crippen LogP contribution in [0.1, 0.15) is 44.2 Å². The molecule has 1 amide bonds. The summed E-state index contributed by atoms with van der Waals surface area (Å²) >= 11 is 1.50. The van der Waals surface area contributed by atoms with Gasteiger partial charge >= 0.3 is 0 Å². The van der Waals surface area contributed by atoms with Gasteiger partial charge in [-0.25, -0.2) is 4.98 Å². The second-order valence-electron chi connectivity index (χ2n) is 7.09. The van der Waals surface area contributed by atoms with Crippen LogP contribution in [0.25, 0.3) is 10.2 Å². The van der Waals surface area contributed by atoms with Crippen LogP contribution in [-0.4, -0.2) is 58.9 Å². The molecule has 3 aromatic rings. The van der Waals surface area contributed by atoms with E-state index in [0.29, 0.717) is 17.4 Å². The van der Waals surface area contributed by atoms with E-state index in [1.54, 1.807) is 22.8 Å². The maximum atomic E-state index is 13.3. The standard InChI is InChI=1S/C21H29N5O2S/c1-6-24(7-2)12-13-25(20(27)18-10-11-26(23-18)15(3)4)21-22-17-9-8-16(28-5)14-19(17)29-21/h8-11,14-15H,6-7,12-13H2,1-5H3. The van der Waals surface area contributed by atoms with Gasteiger partial charge in [-0.2, -0.15) is 5.10 Å². The normalized spacial score (nSPS) is 11.6. The SMILES string of the molecule is CCN(CC)CCN(C(=O)c1ccn(C(C)C)n1)c1nc2ccc(OC)cc2s1. The number of rotatable bonds is 9. The molecule has 2 aromatic heterocycles. The van der Waals surface area contributed by atoms with Crippen molar-refractivity contribution < 1.29 is 9.53 Å². The molecule has 0 saturated carbocycles. The van der Waals surface area contributed by atoms with Gasteiger partial charge in [0.15, 0.2) is 10.8 Å². The number of amides is 1. The van der Waals surface area contributed by atoms with E-state index in [4.69, 9.17) is 9.72 Å². The molecule has 0 saturated heterocycles. The Balaban J connectivity index is 1.94. The van der Waals surface area contributed by atoms with E-state index in [9.17, 15) is 4.79 Å². The Kier molecular flexibility index (Phi) is 6.87. The van der Waals surface area contributed by atoms with Crippen molar-refractivity contribution in [2.24, 2.45) is 0 Å². The van der Waals surface area contributed by atoms with Crippen molar-refractivity contribution in [1.29, 1.82) is 0 Å². The number of hydrogen-bond donors (Lipinski definition) is 0. The molecule has 2 heterocycles. The van der Waals surface area contributed by atoms with Gasteiger partial charge in [0, 0.05) is 25.3 Å². The predicted octanol–water partition coefficient (Wildman–Crippen LogP) is 4.07. The van der Waals surface area contributed by atoms with Gasteiger partial charge in [0.2, 0.25) is 0 Å². The lowest BCUT2D eigenvalue weighted by Gasteiger charge is -2.24. The van der Waals surface area contributed by atoms with Crippen molar-refractivity contribution >= 4 is 32.6 Å². The van der Waals surface area contributed by atoms with Gasteiger partial charge in [-0.3, -0.25) is 14.4 Å². The lowest BCUT2D eigenvalue weighted by Crippen LogP contribution is -2.39. The summed E-state index contributed by atoms with van der Waals surface area (Å²) < 4.78 is 8.12. The molecular weight excluding hydrogens is 386 g/mol. The highest BCUT2D eigenvalue weighted by molar-refractivity contribution is 7.22. The molecule has 0 bridgehead atoms. The van der Waals surface area contributed by atoms with Crippen molar-refractivity contribution in [2.45, 2.75) is 33.7 Å². The molecule has 0 fully saturated rings. The molecule has 0 unspecified atom stereocenters. The van der Waals surface area contributed by atoms with Crippen LogP contribution in [0.3, 0.4) is 0 Å². The van der Waals surface area contributed by atoms with E-state index in [1.807, 2.05) is 38.2 Å². The second-order valence-corrected chi connectivity index (χ2v) is 8.10. The van der Waals surface area contributed by atoms with Gasteiger partial charge in [0.05, 0.1) is 17.3 Å². The number of anilines is 1. The maximum Gasteiger partial charge on any atom is 0.280 e. The average Bonchev–Trinajstić information content (AvgIpc) is 3.37. The van der Waals surface area contributed by atoms with Crippen LogP contribution >= 0.6 is 11.3 Å². The van der Waals surface area contributed by atoms with Crippen LogP contribution < -0.4 is 9.64 Å². The Morgan fingerprint density at radius 2 is 1.97 bits per heavy atom. The van der Waals surface area contributed by atoms with Gasteiger partial charge in [-0.05, 0) is 51.2 Å². The molecule has 0 aliphatic rings. The van der Waals surface area contributed by atoms with E-state index < -0.39 is 0 Å². The monoisotopic (exact) mass is 415 g/mol. The van der Waals surface area contributed by atoms with E-state index in [1.165, 1.54) is 11.3 Å². The summed E-state index contributed by atoms with van der Waals surface area (Å²) in [5.74, 6) is 0.659. The number of hydrogen-bond acceptors (Lipinski definition) is 6. The van der Waals surface area contributed by atoms with Crippen LogP contribution in [0.5, 0.6) is 5.75 Å². The first-order valence-electron chi connectivity index (χ1n) is 10.0. The molecule has 29 heavy (non-hydrogen) atoms. The summed E-state index contributed by atoms with van der Waals surface area (Å²) in [7, 11) is 1.65. The number of nitrogens with zero attached hydrogens (tertiary/aromatic N) is 5. The number of fused-ring (bicyclic) bond motifs is 1. The number of benzene rings is 1. The largest absolute Gasteiger partial charge is 0.497 e. The van der Waals surface area contributed by atoms with Gasteiger partial charge in [0.25, 0.3) is 5.91 Å². The Labute approximate surface area is 175 Å². The summed E-state index contributed by atoms with van der Waals surface area (Å²) in [6.07, 6.45) is 1.85. The summed E-state index contributed by atoms with van der Waals surface area (Å²) in [6.45, 7) is 11.6. The fourth-order valence-corrected chi connectivity index (χ4v) is 4.10. The van der Waals surface area contributed by atoms with Crippen LogP contribution in [-0.2, 0) is 0 Å². The van der Waals surface area contributed by atoms with Gasteiger partial charge in [-0.1, -0.05) is 25.2 Å². The molecule has 0 spiro atoms. The van der Waals surface area contributed by atoms with E-state index in [2.05, 4.69) is 23.8 Å². The molecule has 0 N–H and O–H groups in total. The number of methoxy groups -OCH3 is 1. The third kappa shape index (κ3) is 4.76. The molecular formula is C21H29N5O2S. The Hall–Kier alpha value is -2.45. The number of carbonyl (C=O) groups excluding carboxylic acids is 1. The van der Waals surface area contributed by atoms with Crippen molar-refractivity contribution in [2.75, 3.05) is 38.2 Å². The molecule has 0 aliphatic heterocycles. The molecule has 7 nitrogen and oxygen atoms in total. The number of likely N-dealkylation sites (N-methyl/N-ethyl adjacent to an activating group) is 1. The van der Waals surface area contributed by atoms with Gasteiger partial charge in [-0.15, -0.1) is 0 Å². The molecule has 0 radical (unpaired) electrons. The van der Waals surface area contributed by atoms with E-state index in [0.717, 1.165) is 35.6 Å². The minimum Gasteiger partial charge on any atom is -0.497 e. The van der Waals surface area contributed by atoms with Crippen molar-refractivity contribution in [3.63, 3.8) is 0 Å². The third-order valence-electron chi connectivity index (χ3n) is 4.95. The zero-order valence-electron chi connectivity index (χ0n) is 17.8. The smallest absolute Gasteiger partial charge is 0.280 e. The van der Waals surface area contributed by atoms with Crippen molar-refractivity contribution in [1.82, 2.24) is 19.7 Å². The molecule has 3 rings (SSSR count). The van der Waals surface area contributed by atoms with Crippen LogP contribution in [0.2, 0.25) is 0 Å². The number of thiazole rings is 1. The summed E-state index contributed by atoms with van der Waals surface area (Å²) in [5, 5.41) is 5.16. The first-order chi connectivity index (χ1) is 14.0. The second kappa shape index (κ2) is 9.37. The molecule has 0 aliphatic carbocycles. The first-order valence-corrected chi connectivity index (χ1v) is 10.8. The number of aromatic nitrogens is 3. The van der Waals surface area contributed by atoms with Gasteiger partial charge in [0.1, 0.15) is 5.75 Å². The summed E-state index contributed by atoms with van der Waals surface area (Å²) in [4.78, 5) is 22.1. The third-order valence-corrected chi connectivity index (χ3v) is 5.99. The fourth-order valence-electron chi connectivity index (χ4n) is 3.08. The first kappa shape index (κ1) is 21.3. The Bertz CT molecular complexity index is 961. The highest BCUT2D eigenvalue weighted by Crippen LogP contribution is 2.32. The van der Waals surface area contributed by atoms with Crippen LogP contribution in [0.15, 0.2) is 30.5 Å². The van der Waals surface area contributed by atoms with Crippen LogP contribution in [0, 0.1) is 0 Å². The molecule has 8 heteroatoms. The quantitative estimate of drug-likeness (QED) is 0.527. The zero-order valence-corrected chi connectivity index (χ0v) is 18.6.